The normalized spacial score (nSPS) is 17.5. The summed E-state index contributed by atoms with van der Waals surface area (Å²) in [4.78, 5) is 23.7. The Morgan fingerprint density at radius 1 is 1.08 bits per heavy atom. The summed E-state index contributed by atoms with van der Waals surface area (Å²) in [5, 5.41) is 15.2. The smallest absolute Gasteiger partial charge is 0.264 e. The molecule has 0 unspecified atom stereocenters. The lowest BCUT2D eigenvalue weighted by molar-refractivity contribution is -0.127. The summed E-state index contributed by atoms with van der Waals surface area (Å²) < 4.78 is 7.73. The lowest BCUT2D eigenvalue weighted by Gasteiger charge is -2.24. The molecule has 1 saturated carbocycles. The second kappa shape index (κ2) is 9.98. The van der Waals surface area contributed by atoms with Crippen molar-refractivity contribution < 1.29 is 9.53 Å². The highest BCUT2D eigenvalue weighted by Crippen LogP contribution is 2.34. The quantitative estimate of drug-likeness (QED) is 0.285. The van der Waals surface area contributed by atoms with E-state index in [1.807, 2.05) is 70.3 Å². The van der Waals surface area contributed by atoms with Gasteiger partial charge in [-0.25, -0.2) is 14.6 Å². The largest absolute Gasteiger partial charge is 0.457 e. The number of likely N-dealkylation sites (tertiary alicyclic amines) is 1. The zero-order valence-electron chi connectivity index (χ0n) is 20.8. The minimum absolute atomic E-state index is 0.0905. The zero-order chi connectivity index (χ0) is 26.1. The maximum atomic E-state index is 13.2. The van der Waals surface area contributed by atoms with Crippen molar-refractivity contribution in [3.63, 3.8) is 0 Å². The summed E-state index contributed by atoms with van der Waals surface area (Å²) in [5.74, 6) is 1.98. The van der Waals surface area contributed by atoms with Gasteiger partial charge in [0.05, 0.1) is 18.0 Å². The highest BCUT2D eigenvalue weighted by molar-refractivity contribution is 5.99. The molecule has 2 aliphatic rings. The third-order valence-electron chi connectivity index (χ3n) is 7.06. The number of nitrogens with zero attached hydrogens (tertiary/aromatic N) is 6. The molecule has 6 rings (SSSR count). The van der Waals surface area contributed by atoms with E-state index in [-0.39, 0.29) is 17.5 Å². The van der Waals surface area contributed by atoms with Gasteiger partial charge in [-0.05, 0) is 68.0 Å². The third kappa shape index (κ3) is 4.68. The summed E-state index contributed by atoms with van der Waals surface area (Å²) in [5.41, 5.74) is 8.69. The molecule has 3 heterocycles. The van der Waals surface area contributed by atoms with Crippen LogP contribution >= 0.6 is 0 Å². The Labute approximate surface area is 220 Å². The molecule has 2 N–H and O–H groups in total. The average Bonchev–Trinajstić information content (AvgIpc) is 3.52. The van der Waals surface area contributed by atoms with Gasteiger partial charge < -0.3 is 15.4 Å². The molecule has 190 valence electrons. The van der Waals surface area contributed by atoms with E-state index in [1.54, 1.807) is 0 Å². The van der Waals surface area contributed by atoms with Crippen LogP contribution in [0.2, 0.25) is 0 Å². The number of amides is 1. The number of nitrogen functional groups attached to an aromatic ring is 1. The van der Waals surface area contributed by atoms with E-state index in [4.69, 9.17) is 15.6 Å². The minimum atomic E-state index is -0.193. The maximum Gasteiger partial charge on any atom is 0.264 e. The first-order valence-electron chi connectivity index (χ1n) is 12.8. The molecular weight excluding hydrogens is 478 g/mol. The van der Waals surface area contributed by atoms with E-state index in [1.165, 1.54) is 6.33 Å². The molecule has 38 heavy (non-hydrogen) atoms. The second-order valence-corrected chi connectivity index (χ2v) is 9.75. The van der Waals surface area contributed by atoms with Crippen molar-refractivity contribution in [1.29, 1.82) is 5.26 Å². The summed E-state index contributed by atoms with van der Waals surface area (Å²) in [7, 11) is 0. The average molecular weight is 506 g/mol. The monoisotopic (exact) mass is 505 g/mol. The number of allylic oxidation sites excluding steroid dienone is 1. The van der Waals surface area contributed by atoms with Gasteiger partial charge >= 0.3 is 0 Å². The van der Waals surface area contributed by atoms with Crippen LogP contribution in [0.25, 0.3) is 22.3 Å². The molecule has 0 radical (unpaired) electrons. The molecule has 1 aliphatic carbocycles. The van der Waals surface area contributed by atoms with Crippen LogP contribution in [-0.4, -0.2) is 43.1 Å². The van der Waals surface area contributed by atoms with Crippen molar-refractivity contribution in [1.82, 2.24) is 24.6 Å². The van der Waals surface area contributed by atoms with E-state index < -0.39 is 0 Å². The van der Waals surface area contributed by atoms with E-state index >= 15 is 0 Å². The molecule has 1 amide bonds. The number of carbonyl (C=O) groups is 1. The number of anilines is 1. The molecule has 2 fully saturated rings. The summed E-state index contributed by atoms with van der Waals surface area (Å²) in [6.07, 6.45) is 7.06. The van der Waals surface area contributed by atoms with Crippen molar-refractivity contribution in [3.05, 3.63) is 72.6 Å². The maximum absolute atomic E-state index is 13.2. The van der Waals surface area contributed by atoms with Crippen LogP contribution in [0.3, 0.4) is 0 Å². The van der Waals surface area contributed by atoms with Crippen LogP contribution in [0, 0.1) is 17.2 Å². The Morgan fingerprint density at radius 2 is 1.84 bits per heavy atom. The first kappa shape index (κ1) is 23.7. The van der Waals surface area contributed by atoms with E-state index in [9.17, 15) is 10.1 Å². The van der Waals surface area contributed by atoms with Gasteiger partial charge in [-0.2, -0.15) is 10.4 Å². The number of hydrogen-bond donors (Lipinski definition) is 1. The number of fused-ring (bicyclic) bond motifs is 1. The fraction of sp³-hybridized carbons (Fsp3) is 0.276. The van der Waals surface area contributed by atoms with Gasteiger partial charge in [-0.1, -0.05) is 24.3 Å². The van der Waals surface area contributed by atoms with Gasteiger partial charge in [0.1, 0.15) is 41.0 Å². The summed E-state index contributed by atoms with van der Waals surface area (Å²) in [6.45, 7) is 1.08. The molecule has 9 nitrogen and oxygen atoms in total. The Balaban J connectivity index is 1.29. The molecule has 1 aliphatic heterocycles. The molecule has 1 atom stereocenters. The van der Waals surface area contributed by atoms with Crippen molar-refractivity contribution in [3.8, 4) is 28.8 Å². The van der Waals surface area contributed by atoms with Crippen molar-refractivity contribution in [2.75, 3.05) is 12.3 Å². The topological polar surface area (TPSA) is 123 Å². The van der Waals surface area contributed by atoms with Crippen molar-refractivity contribution >= 4 is 22.8 Å². The number of benzene rings is 2. The number of ether oxygens (including phenoxy) is 1. The molecule has 1 saturated heterocycles. The molecular formula is C29H27N7O2. The summed E-state index contributed by atoms with van der Waals surface area (Å²) >= 11 is 0. The van der Waals surface area contributed by atoms with Gasteiger partial charge in [0, 0.05) is 12.1 Å². The van der Waals surface area contributed by atoms with E-state index in [0.29, 0.717) is 47.3 Å². The van der Waals surface area contributed by atoms with Crippen molar-refractivity contribution in [2.24, 2.45) is 5.92 Å². The lowest BCUT2D eigenvalue weighted by Crippen LogP contribution is -2.39. The number of carbonyl (C=O) groups excluding carboxylic acids is 1. The van der Waals surface area contributed by atoms with Gasteiger partial charge in [0.15, 0.2) is 5.65 Å². The Bertz CT molecular complexity index is 1550. The van der Waals surface area contributed by atoms with Gasteiger partial charge in [-0.15, -0.1) is 0 Å². The molecule has 0 spiro atoms. The Hall–Kier alpha value is -4.71. The van der Waals surface area contributed by atoms with Gasteiger partial charge in [-0.3, -0.25) is 4.79 Å². The number of aromatic nitrogens is 4. The Morgan fingerprint density at radius 3 is 2.58 bits per heavy atom. The predicted molar refractivity (Wildman–Crippen MR) is 143 cm³/mol. The summed E-state index contributed by atoms with van der Waals surface area (Å²) in [6, 6.07) is 19.3. The van der Waals surface area contributed by atoms with Crippen LogP contribution in [0.15, 0.2) is 72.6 Å². The van der Waals surface area contributed by atoms with E-state index in [0.717, 1.165) is 37.0 Å². The predicted octanol–water partition coefficient (Wildman–Crippen LogP) is 4.72. The van der Waals surface area contributed by atoms with Crippen LogP contribution in [0.1, 0.15) is 25.7 Å². The molecule has 4 aromatic rings. The zero-order valence-corrected chi connectivity index (χ0v) is 20.8. The number of para-hydroxylation sites is 1. The van der Waals surface area contributed by atoms with Crippen LogP contribution in [0.4, 0.5) is 5.82 Å². The van der Waals surface area contributed by atoms with Crippen molar-refractivity contribution in [2.45, 2.75) is 38.3 Å². The highest BCUT2D eigenvalue weighted by Gasteiger charge is 2.33. The molecule has 0 bridgehead atoms. The van der Waals surface area contributed by atoms with E-state index in [2.05, 4.69) is 16.0 Å². The molecule has 2 aromatic heterocycles. The number of rotatable bonds is 7. The SMILES string of the molecule is N#C/C(=C\C1CC1)C(=O)N1CCC[C@H]1Cn1nc(-c2ccc(Oc3ccccc3)cc2)c2c(N)ncnc21. The van der Waals surface area contributed by atoms with Crippen LogP contribution < -0.4 is 10.5 Å². The first-order chi connectivity index (χ1) is 18.6. The number of hydrogen-bond acceptors (Lipinski definition) is 7. The lowest BCUT2D eigenvalue weighted by atomic mass is 10.1. The van der Waals surface area contributed by atoms with Crippen LogP contribution in [0.5, 0.6) is 11.5 Å². The minimum Gasteiger partial charge on any atom is -0.457 e. The second-order valence-electron chi connectivity index (χ2n) is 9.75. The fourth-order valence-electron chi connectivity index (χ4n) is 4.97. The molecule has 9 heteroatoms. The highest BCUT2D eigenvalue weighted by atomic mass is 16.5. The Kier molecular flexibility index (Phi) is 6.22. The van der Waals surface area contributed by atoms with Crippen LogP contribution in [-0.2, 0) is 11.3 Å². The fourth-order valence-corrected chi connectivity index (χ4v) is 4.97. The number of nitrogens with two attached hydrogens (primary N) is 1. The van der Waals surface area contributed by atoms with Gasteiger partial charge in [0.25, 0.3) is 5.91 Å². The third-order valence-corrected chi connectivity index (χ3v) is 7.06. The number of nitriles is 1. The van der Waals surface area contributed by atoms with Gasteiger partial charge in [0.2, 0.25) is 0 Å². The first-order valence-corrected chi connectivity index (χ1v) is 12.8. The molecule has 2 aromatic carbocycles. The standard InChI is InChI=1S/C29H27N7O2/c30-16-21(15-19-8-9-19)29(37)35-14-4-5-22(35)17-36-28-25(27(31)32-18-33-28)26(34-36)20-10-12-24(13-11-20)38-23-6-2-1-3-7-23/h1-3,6-7,10-13,15,18-19,22H,4-5,8-9,14,17H2,(H2,31,32,33)/b21-15+/t22-/m0/s1.